The minimum absolute atomic E-state index is 0.0491. The van der Waals surface area contributed by atoms with Gasteiger partial charge >= 0.3 is 0 Å². The van der Waals surface area contributed by atoms with Crippen LogP contribution in [0, 0.1) is 0 Å². The summed E-state index contributed by atoms with van der Waals surface area (Å²) in [5, 5.41) is 5.67. The molecule has 0 spiro atoms. The fourth-order valence-corrected chi connectivity index (χ4v) is 4.38. The van der Waals surface area contributed by atoms with Gasteiger partial charge < -0.3 is 15.4 Å². The first kappa shape index (κ1) is 34.8. The maximum atomic E-state index is 12.7. The van der Waals surface area contributed by atoms with Gasteiger partial charge in [-0.15, -0.1) is 0 Å². The Bertz CT molecular complexity index is 744. The molecular weight excluding hydrogens is 500 g/mol. The number of rotatable bonds is 16. The van der Waals surface area contributed by atoms with Crippen LogP contribution in [0.1, 0.15) is 59.3 Å². The van der Waals surface area contributed by atoms with Crippen molar-refractivity contribution >= 4 is 29.2 Å². The third kappa shape index (κ3) is 17.2. The maximum absolute atomic E-state index is 12.7. The summed E-state index contributed by atoms with van der Waals surface area (Å²) >= 11 is 0. The summed E-state index contributed by atoms with van der Waals surface area (Å²) in [5.41, 5.74) is 0. The molecular formula is C28H52N6O5. The van der Waals surface area contributed by atoms with Crippen LogP contribution in [-0.4, -0.2) is 141 Å². The zero-order chi connectivity index (χ0) is 29.0. The lowest BCUT2D eigenvalue weighted by molar-refractivity contribution is -0.124. The largest absolute Gasteiger partial charge is 0.358 e. The van der Waals surface area contributed by atoms with E-state index in [9.17, 15) is 24.0 Å². The number of nitrogens with one attached hydrogen (secondary N) is 2. The summed E-state index contributed by atoms with van der Waals surface area (Å²) < 4.78 is 0. The molecule has 11 heteroatoms. The summed E-state index contributed by atoms with van der Waals surface area (Å²) in [6.07, 6.45) is 4.11. The molecule has 2 N–H and O–H groups in total. The van der Waals surface area contributed by atoms with E-state index in [2.05, 4.69) is 30.2 Å². The SMILES string of the molecule is CCC(=O)CN1CCN(CC(=O)CC)CCN(CC(=O)NCCCCCC(C)=O)CCN(CC(=O)NC)CC1. The van der Waals surface area contributed by atoms with Gasteiger partial charge in [-0.1, -0.05) is 20.3 Å². The Morgan fingerprint density at radius 1 is 0.590 bits per heavy atom. The molecule has 1 fully saturated rings. The molecule has 0 radical (unpaired) electrons. The van der Waals surface area contributed by atoms with Crippen LogP contribution < -0.4 is 10.6 Å². The van der Waals surface area contributed by atoms with Crippen LogP contribution in [-0.2, 0) is 24.0 Å². The predicted octanol–water partition coefficient (Wildman–Crippen LogP) is 0.178. The van der Waals surface area contributed by atoms with E-state index >= 15 is 0 Å². The van der Waals surface area contributed by atoms with Gasteiger partial charge in [0.2, 0.25) is 11.8 Å². The molecule has 0 saturated carbocycles. The van der Waals surface area contributed by atoms with Crippen LogP contribution in [0.3, 0.4) is 0 Å². The Morgan fingerprint density at radius 3 is 1.38 bits per heavy atom. The number of carbonyl (C=O) groups excluding carboxylic acids is 5. The molecule has 0 bridgehead atoms. The highest BCUT2D eigenvalue weighted by molar-refractivity contribution is 5.80. The molecule has 1 saturated heterocycles. The lowest BCUT2D eigenvalue weighted by Crippen LogP contribution is -2.50. The van der Waals surface area contributed by atoms with E-state index in [1.165, 1.54) is 0 Å². The second-order valence-corrected chi connectivity index (χ2v) is 10.4. The molecule has 0 aromatic heterocycles. The van der Waals surface area contributed by atoms with Gasteiger partial charge in [-0.25, -0.2) is 0 Å². The van der Waals surface area contributed by atoms with Crippen LogP contribution in [0.4, 0.5) is 0 Å². The Morgan fingerprint density at radius 2 is 1.00 bits per heavy atom. The summed E-state index contributed by atoms with van der Waals surface area (Å²) in [6, 6.07) is 0. The first-order valence-electron chi connectivity index (χ1n) is 14.6. The number of Topliss-reactive ketones (excluding diaryl/α,β-unsaturated/α-hetero) is 3. The zero-order valence-corrected chi connectivity index (χ0v) is 24.8. The van der Waals surface area contributed by atoms with Gasteiger partial charge in [-0.2, -0.15) is 0 Å². The van der Waals surface area contributed by atoms with E-state index in [1.54, 1.807) is 14.0 Å². The van der Waals surface area contributed by atoms with Crippen LogP contribution in [0.5, 0.6) is 0 Å². The van der Waals surface area contributed by atoms with Gasteiger partial charge in [-0.05, 0) is 19.8 Å². The van der Waals surface area contributed by atoms with Crippen LogP contribution in [0.15, 0.2) is 0 Å². The van der Waals surface area contributed by atoms with Crippen molar-refractivity contribution in [3.8, 4) is 0 Å². The summed E-state index contributed by atoms with van der Waals surface area (Å²) in [4.78, 5) is 68.9. The highest BCUT2D eigenvalue weighted by Crippen LogP contribution is 2.03. The first-order valence-corrected chi connectivity index (χ1v) is 14.6. The molecule has 1 heterocycles. The molecule has 0 unspecified atom stereocenters. The Hall–Kier alpha value is -2.21. The highest BCUT2D eigenvalue weighted by atomic mass is 16.2. The van der Waals surface area contributed by atoms with E-state index < -0.39 is 0 Å². The summed E-state index contributed by atoms with van der Waals surface area (Å²) in [6.45, 7) is 12.1. The minimum atomic E-state index is -0.0726. The average molecular weight is 553 g/mol. The van der Waals surface area contributed by atoms with E-state index in [1.807, 2.05) is 13.8 Å². The molecule has 2 amide bonds. The molecule has 224 valence electrons. The average Bonchev–Trinajstić information content (AvgIpc) is 2.91. The van der Waals surface area contributed by atoms with Crippen LogP contribution in [0.2, 0.25) is 0 Å². The number of likely N-dealkylation sites (N-methyl/N-ethyl adjacent to an activating group) is 1. The van der Waals surface area contributed by atoms with Crippen molar-refractivity contribution in [3.63, 3.8) is 0 Å². The Balaban J connectivity index is 2.87. The molecule has 0 aromatic rings. The second-order valence-electron chi connectivity index (χ2n) is 10.4. The lowest BCUT2D eigenvalue weighted by atomic mass is 10.1. The molecule has 1 rings (SSSR count). The van der Waals surface area contributed by atoms with Gasteiger partial charge in [-0.3, -0.25) is 38.8 Å². The summed E-state index contributed by atoms with van der Waals surface area (Å²) in [7, 11) is 1.62. The van der Waals surface area contributed by atoms with E-state index in [-0.39, 0.29) is 42.3 Å². The lowest BCUT2D eigenvalue weighted by Gasteiger charge is -2.33. The topological polar surface area (TPSA) is 122 Å². The van der Waals surface area contributed by atoms with E-state index in [0.717, 1.165) is 19.3 Å². The molecule has 1 aliphatic rings. The van der Waals surface area contributed by atoms with Crippen molar-refractivity contribution in [2.75, 3.05) is 92.1 Å². The number of nitrogens with zero attached hydrogens (tertiary/aromatic N) is 4. The minimum Gasteiger partial charge on any atom is -0.358 e. The van der Waals surface area contributed by atoms with E-state index in [0.29, 0.717) is 91.3 Å². The summed E-state index contributed by atoms with van der Waals surface area (Å²) in [5.74, 6) is 0.413. The molecule has 11 nitrogen and oxygen atoms in total. The normalized spacial score (nSPS) is 17.1. The fourth-order valence-electron chi connectivity index (χ4n) is 4.38. The van der Waals surface area contributed by atoms with Crippen molar-refractivity contribution < 1.29 is 24.0 Å². The third-order valence-electron chi connectivity index (χ3n) is 7.06. The van der Waals surface area contributed by atoms with Gasteiger partial charge in [0.15, 0.2) is 0 Å². The molecule has 39 heavy (non-hydrogen) atoms. The third-order valence-corrected chi connectivity index (χ3v) is 7.06. The van der Waals surface area contributed by atoms with Crippen molar-refractivity contribution in [1.82, 2.24) is 30.2 Å². The molecule has 0 atom stereocenters. The number of hydrogen-bond donors (Lipinski definition) is 2. The fraction of sp³-hybridized carbons (Fsp3) is 0.821. The van der Waals surface area contributed by atoms with Gasteiger partial charge in [0.05, 0.1) is 26.2 Å². The quantitative estimate of drug-likeness (QED) is 0.258. The number of carbonyl (C=O) groups is 5. The van der Waals surface area contributed by atoms with Crippen molar-refractivity contribution in [2.24, 2.45) is 0 Å². The second kappa shape index (κ2) is 20.7. The highest BCUT2D eigenvalue weighted by Gasteiger charge is 2.20. The van der Waals surface area contributed by atoms with Gasteiger partial charge in [0.1, 0.15) is 17.3 Å². The number of amides is 2. The van der Waals surface area contributed by atoms with Crippen molar-refractivity contribution in [2.45, 2.75) is 59.3 Å². The maximum Gasteiger partial charge on any atom is 0.234 e. The van der Waals surface area contributed by atoms with Crippen molar-refractivity contribution in [1.29, 1.82) is 0 Å². The first-order chi connectivity index (χ1) is 18.7. The van der Waals surface area contributed by atoms with Crippen LogP contribution in [0.25, 0.3) is 0 Å². The number of unbranched alkanes of at least 4 members (excludes halogenated alkanes) is 2. The number of hydrogen-bond acceptors (Lipinski definition) is 9. The monoisotopic (exact) mass is 552 g/mol. The standard InChI is InChI=1S/C28H52N6O5/c1-5-25(36)20-31-12-13-32(21-26(37)6-2)15-17-34(19-18-33(16-14-31)22-27(38)29-4)23-28(39)30-11-9-7-8-10-24(3)35/h5-23H2,1-4H3,(H,29,38)(H,30,39). The molecule has 0 aliphatic carbocycles. The van der Waals surface area contributed by atoms with Crippen LogP contribution >= 0.6 is 0 Å². The van der Waals surface area contributed by atoms with Crippen molar-refractivity contribution in [3.05, 3.63) is 0 Å². The smallest absolute Gasteiger partial charge is 0.234 e. The van der Waals surface area contributed by atoms with Gasteiger partial charge in [0, 0.05) is 85.2 Å². The Labute approximate surface area is 235 Å². The van der Waals surface area contributed by atoms with Gasteiger partial charge in [0.25, 0.3) is 0 Å². The number of ketones is 3. The molecule has 1 aliphatic heterocycles. The predicted molar refractivity (Wildman–Crippen MR) is 153 cm³/mol. The molecule has 0 aromatic carbocycles. The Kier molecular flexibility index (Phi) is 18.4. The van der Waals surface area contributed by atoms with E-state index in [4.69, 9.17) is 0 Å². The zero-order valence-electron chi connectivity index (χ0n) is 24.8.